The number of aliphatic carboxylic acids is 1. The third-order valence-electron chi connectivity index (χ3n) is 2.65. The van der Waals surface area contributed by atoms with Crippen molar-refractivity contribution >= 4 is 29.2 Å². The van der Waals surface area contributed by atoms with E-state index in [0.717, 1.165) is 6.42 Å². The molecule has 0 heterocycles. The van der Waals surface area contributed by atoms with Gasteiger partial charge in [-0.2, -0.15) is 0 Å². The molecule has 0 aliphatic rings. The van der Waals surface area contributed by atoms with Gasteiger partial charge in [0.25, 0.3) is 0 Å². The smallest absolute Gasteiger partial charge is 0.328 e. The van der Waals surface area contributed by atoms with E-state index in [1.165, 1.54) is 0 Å². The number of halogens is 2. The Hall–Kier alpha value is -0.770. The number of carboxylic acid groups (broad SMARTS) is 1. The van der Waals surface area contributed by atoms with Gasteiger partial charge in [0.15, 0.2) is 0 Å². The maximum Gasteiger partial charge on any atom is 0.328 e. The minimum atomic E-state index is -1.22. The van der Waals surface area contributed by atoms with Crippen molar-refractivity contribution in [3.8, 4) is 0 Å². The van der Waals surface area contributed by atoms with E-state index < -0.39 is 11.5 Å². The monoisotopic (exact) mass is 275 g/mol. The molecule has 1 rings (SSSR count). The highest BCUT2D eigenvalue weighted by Gasteiger charge is 2.36. The number of rotatable bonds is 5. The number of hydrogen-bond donors (Lipinski definition) is 2. The van der Waals surface area contributed by atoms with E-state index in [2.05, 4.69) is 5.32 Å². The summed E-state index contributed by atoms with van der Waals surface area (Å²) in [5.41, 5.74) is -0.745. The first-order chi connectivity index (χ1) is 7.93. The average Bonchev–Trinajstić information content (AvgIpc) is 2.29. The van der Waals surface area contributed by atoms with Crippen molar-refractivity contribution in [3.63, 3.8) is 0 Å². The van der Waals surface area contributed by atoms with E-state index in [-0.39, 0.29) is 5.02 Å². The van der Waals surface area contributed by atoms with Gasteiger partial charge in [-0.15, -0.1) is 0 Å². The standard InChI is InChI=1S/C12H15Cl2NO2/c1-3-7-15-12(2,11(16)17)8-5-4-6-9(13)10(8)14/h4-6,15H,3,7H2,1-2H3,(H,16,17). The molecule has 0 amide bonds. The van der Waals surface area contributed by atoms with E-state index in [1.807, 2.05) is 6.92 Å². The molecule has 0 spiro atoms. The summed E-state index contributed by atoms with van der Waals surface area (Å²) in [7, 11) is 0. The van der Waals surface area contributed by atoms with Gasteiger partial charge >= 0.3 is 5.97 Å². The fourth-order valence-corrected chi connectivity index (χ4v) is 2.04. The van der Waals surface area contributed by atoms with Gasteiger partial charge in [-0.25, -0.2) is 4.79 Å². The van der Waals surface area contributed by atoms with E-state index in [4.69, 9.17) is 23.2 Å². The molecular weight excluding hydrogens is 261 g/mol. The minimum Gasteiger partial charge on any atom is -0.480 e. The molecule has 1 atom stereocenters. The van der Waals surface area contributed by atoms with Crippen molar-refractivity contribution in [2.45, 2.75) is 25.8 Å². The number of nitrogens with one attached hydrogen (secondary N) is 1. The molecule has 1 aromatic carbocycles. The molecular formula is C12H15Cl2NO2. The molecule has 94 valence electrons. The zero-order valence-electron chi connectivity index (χ0n) is 9.76. The van der Waals surface area contributed by atoms with Gasteiger partial charge in [0.2, 0.25) is 0 Å². The molecule has 0 saturated carbocycles. The average molecular weight is 276 g/mol. The summed E-state index contributed by atoms with van der Waals surface area (Å²) in [6.45, 7) is 4.14. The van der Waals surface area contributed by atoms with Gasteiger partial charge < -0.3 is 5.11 Å². The predicted molar refractivity (Wildman–Crippen MR) is 69.7 cm³/mol. The second kappa shape index (κ2) is 5.71. The van der Waals surface area contributed by atoms with E-state index in [1.54, 1.807) is 25.1 Å². The highest BCUT2D eigenvalue weighted by molar-refractivity contribution is 6.42. The van der Waals surface area contributed by atoms with Gasteiger partial charge in [0.1, 0.15) is 5.54 Å². The van der Waals surface area contributed by atoms with Gasteiger partial charge in [-0.05, 0) is 26.0 Å². The van der Waals surface area contributed by atoms with Gasteiger partial charge in [-0.1, -0.05) is 42.3 Å². The predicted octanol–water partition coefficient (Wildman–Crippen LogP) is 3.29. The Labute approximate surface area is 111 Å². The lowest BCUT2D eigenvalue weighted by Gasteiger charge is -2.28. The maximum atomic E-state index is 11.4. The molecule has 0 fully saturated rings. The molecule has 0 saturated heterocycles. The van der Waals surface area contributed by atoms with Gasteiger partial charge in [0, 0.05) is 5.56 Å². The Bertz CT molecular complexity index is 423. The largest absolute Gasteiger partial charge is 0.480 e. The van der Waals surface area contributed by atoms with Gasteiger partial charge in [0.05, 0.1) is 10.0 Å². The number of benzene rings is 1. The summed E-state index contributed by atoms with van der Waals surface area (Å²) in [6, 6.07) is 5.00. The van der Waals surface area contributed by atoms with E-state index in [9.17, 15) is 9.90 Å². The lowest BCUT2D eigenvalue weighted by Crippen LogP contribution is -2.47. The van der Waals surface area contributed by atoms with Crippen LogP contribution in [-0.2, 0) is 10.3 Å². The second-order valence-corrected chi connectivity index (χ2v) is 4.74. The fraction of sp³-hybridized carbons (Fsp3) is 0.417. The Kier molecular flexibility index (Phi) is 4.80. The van der Waals surface area contributed by atoms with E-state index >= 15 is 0 Å². The number of hydrogen-bond acceptors (Lipinski definition) is 2. The molecule has 2 N–H and O–H groups in total. The lowest BCUT2D eigenvalue weighted by atomic mass is 9.92. The van der Waals surface area contributed by atoms with Crippen molar-refractivity contribution < 1.29 is 9.90 Å². The summed E-state index contributed by atoms with van der Waals surface area (Å²) >= 11 is 12.0. The summed E-state index contributed by atoms with van der Waals surface area (Å²) in [4.78, 5) is 11.4. The van der Waals surface area contributed by atoms with Gasteiger partial charge in [-0.3, -0.25) is 5.32 Å². The Morgan fingerprint density at radius 2 is 2.12 bits per heavy atom. The van der Waals surface area contributed by atoms with Crippen LogP contribution in [0, 0.1) is 0 Å². The highest BCUT2D eigenvalue weighted by Crippen LogP contribution is 2.33. The van der Waals surface area contributed by atoms with Crippen LogP contribution in [0.3, 0.4) is 0 Å². The zero-order chi connectivity index (χ0) is 13.1. The van der Waals surface area contributed by atoms with Crippen LogP contribution >= 0.6 is 23.2 Å². The second-order valence-electron chi connectivity index (χ2n) is 3.96. The molecule has 0 aliphatic heterocycles. The zero-order valence-corrected chi connectivity index (χ0v) is 11.3. The summed E-state index contributed by atoms with van der Waals surface area (Å²) in [6.07, 6.45) is 0.834. The van der Waals surface area contributed by atoms with Crippen molar-refractivity contribution in [2.24, 2.45) is 0 Å². The topological polar surface area (TPSA) is 49.3 Å². The molecule has 0 aliphatic carbocycles. The molecule has 1 unspecified atom stereocenters. The van der Waals surface area contributed by atoms with Crippen LogP contribution in [0.1, 0.15) is 25.8 Å². The first kappa shape index (κ1) is 14.3. The van der Waals surface area contributed by atoms with Crippen LogP contribution in [0.2, 0.25) is 10.0 Å². The van der Waals surface area contributed by atoms with Crippen LogP contribution in [0.4, 0.5) is 0 Å². The van der Waals surface area contributed by atoms with Crippen LogP contribution < -0.4 is 5.32 Å². The SMILES string of the molecule is CCCNC(C)(C(=O)O)c1cccc(Cl)c1Cl. The molecule has 5 heteroatoms. The first-order valence-electron chi connectivity index (χ1n) is 5.36. The van der Waals surface area contributed by atoms with Crippen molar-refractivity contribution in [2.75, 3.05) is 6.54 Å². The van der Waals surface area contributed by atoms with Crippen LogP contribution in [0.25, 0.3) is 0 Å². The fourth-order valence-electron chi connectivity index (χ4n) is 1.55. The Balaban J connectivity index is 3.22. The normalized spacial score (nSPS) is 14.4. The molecule has 0 bridgehead atoms. The Morgan fingerprint density at radius 3 is 2.65 bits per heavy atom. The lowest BCUT2D eigenvalue weighted by molar-refractivity contribution is -0.144. The minimum absolute atomic E-state index is 0.280. The summed E-state index contributed by atoms with van der Waals surface area (Å²) in [5, 5.41) is 13.0. The summed E-state index contributed by atoms with van der Waals surface area (Å²) in [5.74, 6) is -0.977. The molecule has 1 aromatic rings. The third-order valence-corrected chi connectivity index (χ3v) is 3.47. The quantitative estimate of drug-likeness (QED) is 0.867. The van der Waals surface area contributed by atoms with Crippen LogP contribution in [-0.4, -0.2) is 17.6 Å². The highest BCUT2D eigenvalue weighted by atomic mass is 35.5. The van der Waals surface area contributed by atoms with Crippen LogP contribution in [0.15, 0.2) is 18.2 Å². The molecule has 3 nitrogen and oxygen atoms in total. The van der Waals surface area contributed by atoms with Crippen LogP contribution in [0.5, 0.6) is 0 Å². The molecule has 17 heavy (non-hydrogen) atoms. The summed E-state index contributed by atoms with van der Waals surface area (Å²) < 4.78 is 0. The Morgan fingerprint density at radius 1 is 1.47 bits per heavy atom. The number of carboxylic acids is 1. The third kappa shape index (κ3) is 2.92. The van der Waals surface area contributed by atoms with E-state index in [0.29, 0.717) is 17.1 Å². The molecule has 0 radical (unpaired) electrons. The van der Waals surface area contributed by atoms with Crippen molar-refractivity contribution in [1.29, 1.82) is 0 Å². The number of carbonyl (C=O) groups is 1. The van der Waals surface area contributed by atoms with Crippen molar-refractivity contribution in [1.82, 2.24) is 5.32 Å². The first-order valence-corrected chi connectivity index (χ1v) is 6.12. The maximum absolute atomic E-state index is 11.4. The molecule has 0 aromatic heterocycles. The van der Waals surface area contributed by atoms with Crippen molar-refractivity contribution in [3.05, 3.63) is 33.8 Å².